The first kappa shape index (κ1) is 17.5. The molecule has 1 heterocycles. The van der Waals surface area contributed by atoms with Crippen LogP contribution in [0, 0.1) is 19.8 Å². The number of rotatable bonds is 7. The van der Waals surface area contributed by atoms with Crippen molar-refractivity contribution >= 4 is 0 Å². The van der Waals surface area contributed by atoms with Crippen LogP contribution in [0.1, 0.15) is 42.6 Å². The number of aliphatic hydroxyl groups is 1. The molecule has 3 heteroatoms. The van der Waals surface area contributed by atoms with Crippen LogP contribution in [0.3, 0.4) is 0 Å². The second-order valence-corrected chi connectivity index (χ2v) is 7.11. The van der Waals surface area contributed by atoms with Gasteiger partial charge in [0, 0.05) is 19.6 Å². The van der Waals surface area contributed by atoms with E-state index in [0.29, 0.717) is 0 Å². The Morgan fingerprint density at radius 1 is 1.27 bits per heavy atom. The van der Waals surface area contributed by atoms with Gasteiger partial charge in [-0.2, -0.15) is 0 Å². The highest BCUT2D eigenvalue weighted by Gasteiger charge is 2.25. The van der Waals surface area contributed by atoms with Crippen LogP contribution in [0.2, 0.25) is 0 Å². The summed E-state index contributed by atoms with van der Waals surface area (Å²) in [6.45, 7) is 11.8. The summed E-state index contributed by atoms with van der Waals surface area (Å²) in [4.78, 5) is 4.86. The fourth-order valence-electron chi connectivity index (χ4n) is 3.69. The van der Waals surface area contributed by atoms with Crippen LogP contribution in [0.15, 0.2) is 18.2 Å². The Kier molecular flexibility index (Phi) is 6.42. The molecule has 1 fully saturated rings. The van der Waals surface area contributed by atoms with Gasteiger partial charge in [0.05, 0.1) is 6.10 Å². The highest BCUT2D eigenvalue weighted by Crippen LogP contribution is 2.22. The summed E-state index contributed by atoms with van der Waals surface area (Å²) in [5, 5.41) is 10.5. The second-order valence-electron chi connectivity index (χ2n) is 7.11. The van der Waals surface area contributed by atoms with E-state index < -0.39 is 0 Å². The molecule has 2 unspecified atom stereocenters. The lowest BCUT2D eigenvalue weighted by atomic mass is 10.0. The summed E-state index contributed by atoms with van der Waals surface area (Å²) in [5.41, 5.74) is 3.52. The Balaban J connectivity index is 1.84. The van der Waals surface area contributed by atoms with Gasteiger partial charge in [-0.05, 0) is 58.3 Å². The lowest BCUT2D eigenvalue weighted by Crippen LogP contribution is -2.30. The zero-order valence-electron chi connectivity index (χ0n) is 14.7. The highest BCUT2D eigenvalue weighted by molar-refractivity contribution is 5.30. The highest BCUT2D eigenvalue weighted by atomic mass is 16.3. The van der Waals surface area contributed by atoms with E-state index in [4.69, 9.17) is 0 Å². The number of aliphatic hydroxyl groups excluding tert-OH is 1. The monoisotopic (exact) mass is 304 g/mol. The smallest absolute Gasteiger partial charge is 0.0917 e. The van der Waals surface area contributed by atoms with Gasteiger partial charge in [-0.25, -0.2) is 0 Å². The largest absolute Gasteiger partial charge is 0.387 e. The van der Waals surface area contributed by atoms with E-state index in [0.717, 1.165) is 31.1 Å². The Morgan fingerprint density at radius 3 is 2.59 bits per heavy atom. The molecular weight excluding hydrogens is 272 g/mol. The van der Waals surface area contributed by atoms with Crippen LogP contribution in [0.5, 0.6) is 0 Å². The average Bonchev–Trinajstić information content (AvgIpc) is 2.85. The van der Waals surface area contributed by atoms with Crippen LogP contribution in [0.4, 0.5) is 0 Å². The first-order chi connectivity index (χ1) is 10.5. The van der Waals surface area contributed by atoms with E-state index in [1.807, 2.05) is 0 Å². The number of nitrogens with zero attached hydrogens (tertiary/aromatic N) is 2. The SMILES string of the molecule is CCCN(C)CC1CCN(CC(O)c2cc(C)cc(C)c2)C1. The zero-order valence-corrected chi connectivity index (χ0v) is 14.7. The molecule has 1 aliphatic rings. The maximum Gasteiger partial charge on any atom is 0.0917 e. The molecule has 22 heavy (non-hydrogen) atoms. The second kappa shape index (κ2) is 8.09. The van der Waals surface area contributed by atoms with Crippen molar-refractivity contribution in [1.29, 1.82) is 0 Å². The number of aryl methyl sites for hydroxylation is 2. The topological polar surface area (TPSA) is 26.7 Å². The molecular formula is C19H32N2O. The summed E-state index contributed by atoms with van der Waals surface area (Å²) >= 11 is 0. The molecule has 2 atom stereocenters. The summed E-state index contributed by atoms with van der Waals surface area (Å²) in [5.74, 6) is 0.753. The molecule has 3 nitrogen and oxygen atoms in total. The molecule has 0 spiro atoms. The molecule has 1 aromatic carbocycles. The van der Waals surface area contributed by atoms with Gasteiger partial charge in [0.15, 0.2) is 0 Å². The molecule has 0 radical (unpaired) electrons. The standard InChI is InChI=1S/C19H32N2O/c1-5-7-20(4)12-17-6-8-21(13-17)14-19(22)18-10-15(2)9-16(3)11-18/h9-11,17,19,22H,5-8,12-14H2,1-4H3. The molecule has 1 aliphatic heterocycles. The fraction of sp³-hybridized carbons (Fsp3) is 0.684. The molecule has 2 rings (SSSR count). The van der Waals surface area contributed by atoms with Crippen LogP contribution in [0.25, 0.3) is 0 Å². The lowest BCUT2D eigenvalue weighted by molar-refractivity contribution is 0.122. The van der Waals surface area contributed by atoms with Crippen molar-refractivity contribution in [2.24, 2.45) is 5.92 Å². The van der Waals surface area contributed by atoms with Crippen molar-refractivity contribution in [2.45, 2.75) is 39.7 Å². The molecule has 0 aromatic heterocycles. The van der Waals surface area contributed by atoms with E-state index in [-0.39, 0.29) is 6.10 Å². The molecule has 0 saturated carbocycles. The quantitative estimate of drug-likeness (QED) is 0.839. The Morgan fingerprint density at radius 2 is 1.95 bits per heavy atom. The molecule has 124 valence electrons. The van der Waals surface area contributed by atoms with Gasteiger partial charge in [-0.3, -0.25) is 0 Å². The summed E-state index contributed by atoms with van der Waals surface area (Å²) in [6, 6.07) is 6.38. The van der Waals surface area contributed by atoms with E-state index in [9.17, 15) is 5.11 Å². The van der Waals surface area contributed by atoms with Crippen LogP contribution in [-0.4, -0.2) is 54.7 Å². The first-order valence-electron chi connectivity index (χ1n) is 8.65. The zero-order chi connectivity index (χ0) is 16.1. The summed E-state index contributed by atoms with van der Waals surface area (Å²) < 4.78 is 0. The van der Waals surface area contributed by atoms with Gasteiger partial charge in [0.25, 0.3) is 0 Å². The van der Waals surface area contributed by atoms with E-state index >= 15 is 0 Å². The predicted octanol–water partition coefficient (Wildman–Crippen LogP) is 3.00. The Bertz CT molecular complexity index is 454. The minimum atomic E-state index is -0.370. The molecule has 0 amide bonds. The van der Waals surface area contributed by atoms with Crippen LogP contribution < -0.4 is 0 Å². The van der Waals surface area contributed by atoms with Crippen molar-refractivity contribution < 1.29 is 5.11 Å². The van der Waals surface area contributed by atoms with E-state index in [1.165, 1.54) is 37.1 Å². The third-order valence-corrected chi connectivity index (χ3v) is 4.61. The van der Waals surface area contributed by atoms with Gasteiger partial charge < -0.3 is 14.9 Å². The normalized spacial score (nSPS) is 20.7. The van der Waals surface area contributed by atoms with Crippen LogP contribution >= 0.6 is 0 Å². The Hall–Kier alpha value is -0.900. The first-order valence-corrected chi connectivity index (χ1v) is 8.65. The van der Waals surface area contributed by atoms with Gasteiger partial charge >= 0.3 is 0 Å². The number of hydrogen-bond donors (Lipinski definition) is 1. The minimum absolute atomic E-state index is 0.370. The molecule has 1 saturated heterocycles. The lowest BCUT2D eigenvalue weighted by Gasteiger charge is -2.23. The number of β-amino-alcohol motifs (C(OH)–C–C–N with tert-alkyl or cyclic N) is 1. The third-order valence-electron chi connectivity index (χ3n) is 4.61. The average molecular weight is 304 g/mol. The molecule has 0 aliphatic carbocycles. The molecule has 1 aromatic rings. The maximum atomic E-state index is 10.5. The Labute approximate surface area is 135 Å². The van der Waals surface area contributed by atoms with Crippen LogP contribution in [-0.2, 0) is 0 Å². The van der Waals surface area contributed by atoms with Crippen molar-refractivity contribution in [2.75, 3.05) is 39.8 Å². The van der Waals surface area contributed by atoms with Crippen molar-refractivity contribution in [1.82, 2.24) is 9.80 Å². The van der Waals surface area contributed by atoms with Crippen molar-refractivity contribution in [3.63, 3.8) is 0 Å². The van der Waals surface area contributed by atoms with Gasteiger partial charge in [0.1, 0.15) is 0 Å². The fourth-order valence-corrected chi connectivity index (χ4v) is 3.69. The van der Waals surface area contributed by atoms with Crippen molar-refractivity contribution in [3.8, 4) is 0 Å². The van der Waals surface area contributed by atoms with E-state index in [2.05, 4.69) is 55.8 Å². The van der Waals surface area contributed by atoms with Gasteiger partial charge in [0.2, 0.25) is 0 Å². The summed E-state index contributed by atoms with van der Waals surface area (Å²) in [7, 11) is 2.22. The van der Waals surface area contributed by atoms with Gasteiger partial charge in [-0.15, -0.1) is 0 Å². The van der Waals surface area contributed by atoms with Crippen molar-refractivity contribution in [3.05, 3.63) is 34.9 Å². The van der Waals surface area contributed by atoms with Gasteiger partial charge in [-0.1, -0.05) is 36.2 Å². The number of likely N-dealkylation sites (tertiary alicyclic amines) is 1. The minimum Gasteiger partial charge on any atom is -0.387 e. The number of benzene rings is 1. The summed E-state index contributed by atoms with van der Waals surface area (Å²) in [6.07, 6.45) is 2.11. The third kappa shape index (κ3) is 5.08. The number of hydrogen-bond acceptors (Lipinski definition) is 3. The molecule has 1 N–H and O–H groups in total. The molecule has 0 bridgehead atoms. The predicted molar refractivity (Wildman–Crippen MR) is 93.2 cm³/mol. The maximum absolute atomic E-state index is 10.5. The van der Waals surface area contributed by atoms with E-state index in [1.54, 1.807) is 0 Å².